The Kier molecular flexibility index (Phi) is 3.47. The van der Waals surface area contributed by atoms with Gasteiger partial charge in [-0.2, -0.15) is 0 Å². The molecule has 0 unspecified atom stereocenters. The van der Waals surface area contributed by atoms with Crippen LogP contribution in [0.1, 0.15) is 37.0 Å². The maximum atomic E-state index is 11.0. The lowest BCUT2D eigenvalue weighted by atomic mass is 10.1. The number of hydrogen-bond acceptors (Lipinski definition) is 2. The Hall–Kier alpha value is -1.77. The smallest absolute Gasteiger partial charge is 0.152 e. The molecule has 0 amide bonds. The van der Waals surface area contributed by atoms with Gasteiger partial charge in [-0.15, -0.1) is 0 Å². The number of aromatic amines is 1. The highest BCUT2D eigenvalue weighted by atomic mass is 16.5. The molecule has 90 valence electrons. The van der Waals surface area contributed by atoms with Gasteiger partial charge in [-0.3, -0.25) is 4.79 Å². The number of benzene rings is 1. The van der Waals surface area contributed by atoms with Gasteiger partial charge in [-0.1, -0.05) is 19.9 Å². The molecule has 0 aliphatic heterocycles. The van der Waals surface area contributed by atoms with Crippen molar-refractivity contribution in [1.29, 1.82) is 0 Å². The van der Waals surface area contributed by atoms with Crippen LogP contribution in [0, 0.1) is 0 Å². The van der Waals surface area contributed by atoms with E-state index in [0.29, 0.717) is 5.56 Å². The normalized spacial score (nSPS) is 11.0. The van der Waals surface area contributed by atoms with Crippen molar-refractivity contribution in [2.24, 2.45) is 0 Å². The van der Waals surface area contributed by atoms with Crippen LogP contribution in [0.25, 0.3) is 10.9 Å². The fraction of sp³-hybridized carbons (Fsp3) is 0.357. The first-order valence-corrected chi connectivity index (χ1v) is 6.02. The van der Waals surface area contributed by atoms with Crippen LogP contribution in [0.15, 0.2) is 24.4 Å². The minimum atomic E-state index is 0.204. The summed E-state index contributed by atoms with van der Waals surface area (Å²) < 4.78 is 5.95. The number of carbonyl (C=O) groups is 1. The van der Waals surface area contributed by atoms with Crippen molar-refractivity contribution < 1.29 is 9.53 Å². The van der Waals surface area contributed by atoms with Crippen LogP contribution in [0.5, 0.6) is 5.75 Å². The fourth-order valence-electron chi connectivity index (χ4n) is 2.00. The average Bonchev–Trinajstić information content (AvgIpc) is 2.79. The number of rotatable bonds is 5. The fourth-order valence-corrected chi connectivity index (χ4v) is 2.00. The van der Waals surface area contributed by atoms with Gasteiger partial charge in [0.1, 0.15) is 5.75 Å². The third kappa shape index (κ3) is 2.18. The minimum Gasteiger partial charge on any atom is -0.490 e. The van der Waals surface area contributed by atoms with Gasteiger partial charge < -0.3 is 9.72 Å². The number of aromatic nitrogens is 1. The highest BCUT2D eigenvalue weighted by Crippen LogP contribution is 2.29. The van der Waals surface area contributed by atoms with Crippen LogP contribution in [0.2, 0.25) is 0 Å². The number of hydrogen-bond donors (Lipinski definition) is 1. The van der Waals surface area contributed by atoms with Crippen LogP contribution in [0.4, 0.5) is 0 Å². The van der Waals surface area contributed by atoms with Crippen LogP contribution in [0.3, 0.4) is 0 Å². The second-order valence-corrected chi connectivity index (χ2v) is 4.10. The Morgan fingerprint density at radius 3 is 2.76 bits per heavy atom. The van der Waals surface area contributed by atoms with Crippen molar-refractivity contribution in [2.75, 3.05) is 0 Å². The van der Waals surface area contributed by atoms with E-state index in [0.717, 1.165) is 35.8 Å². The van der Waals surface area contributed by atoms with E-state index in [4.69, 9.17) is 4.74 Å². The molecule has 0 aliphatic rings. The predicted octanol–water partition coefficient (Wildman–Crippen LogP) is 3.55. The number of aldehydes is 1. The van der Waals surface area contributed by atoms with E-state index < -0.39 is 0 Å². The first-order chi connectivity index (χ1) is 8.30. The molecule has 0 bridgehead atoms. The topological polar surface area (TPSA) is 42.1 Å². The summed E-state index contributed by atoms with van der Waals surface area (Å²) in [6.07, 6.45) is 4.72. The second-order valence-electron chi connectivity index (χ2n) is 4.10. The molecule has 0 radical (unpaired) electrons. The minimum absolute atomic E-state index is 0.204. The summed E-state index contributed by atoms with van der Waals surface area (Å²) in [6, 6.07) is 5.80. The number of H-pyrrole nitrogens is 1. The highest BCUT2D eigenvalue weighted by Gasteiger charge is 2.12. The Balaban J connectivity index is 2.45. The molecule has 1 aromatic carbocycles. The molecule has 1 aromatic heterocycles. The van der Waals surface area contributed by atoms with Crippen LogP contribution < -0.4 is 4.74 Å². The Labute approximate surface area is 101 Å². The summed E-state index contributed by atoms with van der Waals surface area (Å²) in [5.41, 5.74) is 1.59. The zero-order chi connectivity index (χ0) is 12.3. The zero-order valence-electron chi connectivity index (χ0n) is 10.2. The summed E-state index contributed by atoms with van der Waals surface area (Å²) in [5, 5.41) is 0.884. The molecular formula is C14H17NO2. The maximum Gasteiger partial charge on any atom is 0.152 e. The van der Waals surface area contributed by atoms with E-state index in [1.54, 1.807) is 6.20 Å². The van der Waals surface area contributed by atoms with Gasteiger partial charge >= 0.3 is 0 Å². The maximum absolute atomic E-state index is 11.0. The lowest BCUT2D eigenvalue weighted by Gasteiger charge is -2.16. The van der Waals surface area contributed by atoms with Crippen molar-refractivity contribution in [1.82, 2.24) is 4.98 Å². The van der Waals surface area contributed by atoms with Gasteiger partial charge in [-0.25, -0.2) is 0 Å². The standard InChI is InChI=1S/C14H17NO2/c1-3-11(4-2)17-13-7-5-6-12-14(13)10(9-16)8-15-12/h5-9,11,15H,3-4H2,1-2H3. The zero-order valence-corrected chi connectivity index (χ0v) is 10.2. The van der Waals surface area contributed by atoms with Crippen molar-refractivity contribution in [3.8, 4) is 5.75 Å². The van der Waals surface area contributed by atoms with E-state index >= 15 is 0 Å². The molecule has 2 rings (SSSR count). The van der Waals surface area contributed by atoms with Gasteiger partial charge in [0.05, 0.1) is 11.5 Å². The van der Waals surface area contributed by atoms with Gasteiger partial charge in [0.25, 0.3) is 0 Å². The lowest BCUT2D eigenvalue weighted by Crippen LogP contribution is -2.13. The monoisotopic (exact) mass is 231 g/mol. The number of fused-ring (bicyclic) bond motifs is 1. The van der Waals surface area contributed by atoms with Gasteiger partial charge in [0.2, 0.25) is 0 Å². The van der Waals surface area contributed by atoms with Crippen molar-refractivity contribution in [3.05, 3.63) is 30.0 Å². The highest BCUT2D eigenvalue weighted by molar-refractivity contribution is 6.00. The van der Waals surface area contributed by atoms with E-state index in [9.17, 15) is 4.79 Å². The van der Waals surface area contributed by atoms with Crippen LogP contribution >= 0.6 is 0 Å². The second kappa shape index (κ2) is 5.04. The van der Waals surface area contributed by atoms with Crippen molar-refractivity contribution >= 4 is 17.2 Å². The molecule has 1 N–H and O–H groups in total. The van der Waals surface area contributed by atoms with E-state index in [-0.39, 0.29) is 6.10 Å². The van der Waals surface area contributed by atoms with E-state index in [2.05, 4.69) is 18.8 Å². The predicted molar refractivity (Wildman–Crippen MR) is 68.7 cm³/mol. The molecule has 0 saturated carbocycles. The quantitative estimate of drug-likeness (QED) is 0.799. The van der Waals surface area contributed by atoms with Gasteiger partial charge in [0.15, 0.2) is 6.29 Å². The van der Waals surface area contributed by atoms with Crippen LogP contribution in [-0.2, 0) is 0 Å². The molecular weight excluding hydrogens is 214 g/mol. The van der Waals surface area contributed by atoms with E-state index in [1.165, 1.54) is 0 Å². The van der Waals surface area contributed by atoms with Crippen molar-refractivity contribution in [2.45, 2.75) is 32.8 Å². The van der Waals surface area contributed by atoms with Crippen LogP contribution in [-0.4, -0.2) is 17.4 Å². The Morgan fingerprint density at radius 2 is 2.12 bits per heavy atom. The van der Waals surface area contributed by atoms with Gasteiger partial charge in [0, 0.05) is 17.3 Å². The van der Waals surface area contributed by atoms with Gasteiger partial charge in [-0.05, 0) is 25.0 Å². The first-order valence-electron chi connectivity index (χ1n) is 6.02. The molecule has 3 heteroatoms. The molecule has 2 aromatic rings. The first kappa shape index (κ1) is 11.7. The Morgan fingerprint density at radius 1 is 1.35 bits per heavy atom. The summed E-state index contributed by atoms with van der Waals surface area (Å²) in [6.45, 7) is 4.21. The molecule has 3 nitrogen and oxygen atoms in total. The summed E-state index contributed by atoms with van der Waals surface area (Å²) in [4.78, 5) is 14.1. The summed E-state index contributed by atoms with van der Waals surface area (Å²) in [5.74, 6) is 0.791. The third-order valence-electron chi connectivity index (χ3n) is 3.03. The van der Waals surface area contributed by atoms with Crippen molar-refractivity contribution in [3.63, 3.8) is 0 Å². The Bertz CT molecular complexity index is 512. The summed E-state index contributed by atoms with van der Waals surface area (Å²) in [7, 11) is 0. The number of nitrogens with one attached hydrogen (secondary N) is 1. The average molecular weight is 231 g/mol. The number of ether oxygens (including phenoxy) is 1. The SMILES string of the molecule is CCC(CC)Oc1cccc2[nH]cc(C=O)c12. The molecule has 0 spiro atoms. The molecule has 17 heavy (non-hydrogen) atoms. The molecule has 0 fully saturated rings. The number of carbonyl (C=O) groups excluding carboxylic acids is 1. The van der Waals surface area contributed by atoms with E-state index in [1.807, 2.05) is 18.2 Å². The lowest BCUT2D eigenvalue weighted by molar-refractivity contribution is 0.112. The molecule has 0 atom stereocenters. The molecule has 0 aliphatic carbocycles. The third-order valence-corrected chi connectivity index (χ3v) is 3.03. The molecule has 0 saturated heterocycles. The summed E-state index contributed by atoms with van der Waals surface area (Å²) >= 11 is 0. The largest absolute Gasteiger partial charge is 0.490 e. The molecule has 1 heterocycles.